The van der Waals surface area contributed by atoms with Crippen molar-refractivity contribution in [1.82, 2.24) is 5.32 Å². The summed E-state index contributed by atoms with van der Waals surface area (Å²) in [5.41, 5.74) is 0.613. The number of ether oxygens (including phenoxy) is 1. The van der Waals surface area contributed by atoms with E-state index in [4.69, 9.17) is 4.74 Å². The van der Waals surface area contributed by atoms with E-state index in [1.54, 1.807) is 26.1 Å². The summed E-state index contributed by atoms with van der Waals surface area (Å²) in [6.07, 6.45) is -3.74. The number of hydrogen-bond donors (Lipinski definition) is 1. The normalized spacial score (nSPS) is 13.7. The third kappa shape index (κ3) is 4.35. The second-order valence-electron chi connectivity index (χ2n) is 4.04. The number of alkyl halides is 4. The second kappa shape index (κ2) is 6.56. The van der Waals surface area contributed by atoms with Crippen molar-refractivity contribution in [2.24, 2.45) is 0 Å². The Bertz CT molecular complexity index is 428. The molecule has 0 amide bonds. The molecule has 19 heavy (non-hydrogen) atoms. The molecule has 0 bridgehead atoms. The Hall–Kier alpha value is -0.820. The van der Waals surface area contributed by atoms with E-state index in [1.165, 1.54) is 6.07 Å². The molecule has 1 rings (SSSR count). The van der Waals surface area contributed by atoms with Gasteiger partial charge in [0.2, 0.25) is 0 Å². The van der Waals surface area contributed by atoms with Crippen LogP contribution in [0.1, 0.15) is 18.5 Å². The molecule has 0 radical (unpaired) electrons. The van der Waals surface area contributed by atoms with Gasteiger partial charge in [-0.2, -0.15) is 8.78 Å². The fourth-order valence-electron chi connectivity index (χ4n) is 1.38. The fourth-order valence-corrected chi connectivity index (χ4v) is 1.76. The Morgan fingerprint density at radius 2 is 2.00 bits per heavy atom. The summed E-state index contributed by atoms with van der Waals surface area (Å²) >= 11 is 3.26. The first kappa shape index (κ1) is 16.2. The quantitative estimate of drug-likeness (QED) is 0.788. The summed E-state index contributed by atoms with van der Waals surface area (Å²) < 4.78 is 55.4. The van der Waals surface area contributed by atoms with Crippen molar-refractivity contribution in [2.75, 3.05) is 13.7 Å². The molecule has 0 spiro atoms. The van der Waals surface area contributed by atoms with Crippen LogP contribution in [0.4, 0.5) is 17.6 Å². The zero-order valence-corrected chi connectivity index (χ0v) is 12.0. The molecule has 0 aliphatic heterocycles. The van der Waals surface area contributed by atoms with Crippen LogP contribution in [0.25, 0.3) is 0 Å². The SMILES string of the molecule is CNC(C)c1cc(Br)ccc1OCC(F)(F)C(F)F. The molecule has 0 fully saturated rings. The van der Waals surface area contributed by atoms with Crippen LogP contribution in [-0.2, 0) is 0 Å². The lowest BCUT2D eigenvalue weighted by Gasteiger charge is -2.20. The van der Waals surface area contributed by atoms with Crippen LogP contribution in [0.3, 0.4) is 0 Å². The van der Waals surface area contributed by atoms with Crippen LogP contribution in [0.5, 0.6) is 5.75 Å². The van der Waals surface area contributed by atoms with Crippen molar-refractivity contribution in [3.05, 3.63) is 28.2 Å². The average molecular weight is 344 g/mol. The maximum atomic E-state index is 12.8. The molecular weight excluding hydrogens is 330 g/mol. The third-order valence-corrected chi connectivity index (χ3v) is 3.10. The first-order valence-electron chi connectivity index (χ1n) is 5.53. The molecule has 0 aliphatic carbocycles. The zero-order valence-electron chi connectivity index (χ0n) is 10.4. The number of halogens is 5. The molecular formula is C12H14BrF4NO. The Balaban J connectivity index is 2.89. The number of hydrogen-bond acceptors (Lipinski definition) is 2. The van der Waals surface area contributed by atoms with Crippen LogP contribution in [0.2, 0.25) is 0 Å². The Labute approximate surface area is 117 Å². The summed E-state index contributed by atoms with van der Waals surface area (Å²) in [5.74, 6) is -4.00. The lowest BCUT2D eigenvalue weighted by molar-refractivity contribution is -0.148. The van der Waals surface area contributed by atoms with E-state index in [0.717, 1.165) is 4.47 Å². The van der Waals surface area contributed by atoms with Crippen LogP contribution < -0.4 is 10.1 Å². The predicted octanol–water partition coefficient (Wildman–Crippen LogP) is 4.01. The standard InChI is InChI=1S/C12H14BrF4NO/c1-7(18-2)9-5-8(13)3-4-10(9)19-6-12(16,17)11(14)15/h3-5,7,11,18H,6H2,1-2H3. The van der Waals surface area contributed by atoms with Gasteiger partial charge >= 0.3 is 12.3 Å². The Kier molecular flexibility index (Phi) is 5.61. The summed E-state index contributed by atoms with van der Waals surface area (Å²) in [5, 5.41) is 2.93. The highest BCUT2D eigenvalue weighted by Gasteiger charge is 2.41. The van der Waals surface area contributed by atoms with E-state index in [1.807, 2.05) is 0 Å². The van der Waals surface area contributed by atoms with Crippen molar-refractivity contribution in [1.29, 1.82) is 0 Å². The van der Waals surface area contributed by atoms with Gasteiger partial charge in [0.05, 0.1) is 0 Å². The van der Waals surface area contributed by atoms with E-state index in [2.05, 4.69) is 21.2 Å². The Morgan fingerprint density at radius 1 is 1.37 bits per heavy atom. The topological polar surface area (TPSA) is 21.3 Å². The molecule has 108 valence electrons. The molecule has 2 nitrogen and oxygen atoms in total. The monoisotopic (exact) mass is 343 g/mol. The van der Waals surface area contributed by atoms with Crippen molar-refractivity contribution < 1.29 is 22.3 Å². The van der Waals surface area contributed by atoms with Crippen molar-refractivity contribution in [2.45, 2.75) is 25.3 Å². The van der Waals surface area contributed by atoms with E-state index in [-0.39, 0.29) is 11.8 Å². The molecule has 1 unspecified atom stereocenters. The molecule has 0 aromatic heterocycles. The van der Waals surface area contributed by atoms with Gasteiger partial charge < -0.3 is 10.1 Å². The van der Waals surface area contributed by atoms with Gasteiger partial charge in [0, 0.05) is 16.1 Å². The highest BCUT2D eigenvalue weighted by Crippen LogP contribution is 2.30. The molecule has 1 atom stereocenters. The third-order valence-electron chi connectivity index (χ3n) is 2.61. The molecule has 0 heterocycles. The van der Waals surface area contributed by atoms with Gasteiger partial charge in [0.1, 0.15) is 5.75 Å². The van der Waals surface area contributed by atoms with Gasteiger partial charge in [-0.15, -0.1) is 0 Å². The average Bonchev–Trinajstić information content (AvgIpc) is 2.36. The first-order valence-corrected chi connectivity index (χ1v) is 6.32. The lowest BCUT2D eigenvalue weighted by Crippen LogP contribution is -2.34. The van der Waals surface area contributed by atoms with Gasteiger partial charge in [-0.05, 0) is 32.2 Å². The summed E-state index contributed by atoms with van der Waals surface area (Å²) in [6.45, 7) is 0.454. The first-order chi connectivity index (χ1) is 8.77. The zero-order chi connectivity index (χ0) is 14.6. The van der Waals surface area contributed by atoms with Crippen molar-refractivity contribution in [3.63, 3.8) is 0 Å². The van der Waals surface area contributed by atoms with Crippen LogP contribution >= 0.6 is 15.9 Å². The van der Waals surface area contributed by atoms with Gasteiger partial charge in [0.15, 0.2) is 6.61 Å². The maximum absolute atomic E-state index is 12.8. The van der Waals surface area contributed by atoms with E-state index >= 15 is 0 Å². The highest BCUT2D eigenvalue weighted by atomic mass is 79.9. The second-order valence-corrected chi connectivity index (χ2v) is 4.96. The number of benzene rings is 1. The van der Waals surface area contributed by atoms with E-state index < -0.39 is 19.0 Å². The summed E-state index contributed by atoms with van der Waals surface area (Å²) in [6, 6.07) is 4.60. The lowest BCUT2D eigenvalue weighted by atomic mass is 10.1. The molecule has 7 heteroatoms. The minimum absolute atomic E-state index is 0.158. The molecule has 1 aromatic carbocycles. The van der Waals surface area contributed by atoms with E-state index in [0.29, 0.717) is 5.56 Å². The smallest absolute Gasteiger partial charge is 0.340 e. The predicted molar refractivity (Wildman–Crippen MR) is 68.1 cm³/mol. The van der Waals surface area contributed by atoms with E-state index in [9.17, 15) is 17.6 Å². The number of nitrogens with one attached hydrogen (secondary N) is 1. The van der Waals surface area contributed by atoms with Gasteiger partial charge in [0.25, 0.3) is 0 Å². The van der Waals surface area contributed by atoms with Gasteiger partial charge in [-0.25, -0.2) is 8.78 Å². The maximum Gasteiger partial charge on any atom is 0.340 e. The number of rotatable bonds is 6. The minimum atomic E-state index is -4.16. The summed E-state index contributed by atoms with van der Waals surface area (Å²) in [7, 11) is 1.70. The molecule has 1 N–H and O–H groups in total. The minimum Gasteiger partial charge on any atom is -0.487 e. The van der Waals surface area contributed by atoms with Crippen LogP contribution in [-0.4, -0.2) is 26.0 Å². The van der Waals surface area contributed by atoms with Crippen molar-refractivity contribution >= 4 is 15.9 Å². The fraction of sp³-hybridized carbons (Fsp3) is 0.500. The molecule has 0 saturated carbocycles. The molecule has 0 saturated heterocycles. The highest BCUT2D eigenvalue weighted by molar-refractivity contribution is 9.10. The molecule has 1 aromatic rings. The van der Waals surface area contributed by atoms with Crippen LogP contribution in [0.15, 0.2) is 22.7 Å². The Morgan fingerprint density at radius 3 is 2.53 bits per heavy atom. The largest absolute Gasteiger partial charge is 0.487 e. The van der Waals surface area contributed by atoms with Gasteiger partial charge in [-0.1, -0.05) is 15.9 Å². The molecule has 0 aliphatic rings. The van der Waals surface area contributed by atoms with Crippen molar-refractivity contribution in [3.8, 4) is 5.75 Å². The van der Waals surface area contributed by atoms with Crippen LogP contribution in [0, 0.1) is 0 Å². The van der Waals surface area contributed by atoms with Gasteiger partial charge in [-0.3, -0.25) is 0 Å². The summed E-state index contributed by atoms with van der Waals surface area (Å²) in [4.78, 5) is 0.